The van der Waals surface area contributed by atoms with Crippen molar-refractivity contribution in [3.05, 3.63) is 64.9 Å². The first-order chi connectivity index (χ1) is 19.1. The fourth-order valence-electron chi connectivity index (χ4n) is 5.34. The number of anilines is 2. The highest BCUT2D eigenvalue weighted by atomic mass is 32.1. The van der Waals surface area contributed by atoms with E-state index >= 15 is 0 Å². The lowest BCUT2D eigenvalue weighted by atomic mass is 9.98. The minimum Gasteiger partial charge on any atom is -0.372 e. The van der Waals surface area contributed by atoms with E-state index in [1.54, 1.807) is 11.3 Å². The highest BCUT2D eigenvalue weighted by molar-refractivity contribution is 7.07. The molecule has 2 aliphatic heterocycles. The van der Waals surface area contributed by atoms with Gasteiger partial charge in [0.05, 0.1) is 11.2 Å². The first kappa shape index (κ1) is 28.8. The smallest absolute Gasteiger partial charge is 0.211 e. The summed E-state index contributed by atoms with van der Waals surface area (Å²) in [6.07, 6.45) is 5.98. The topological polar surface area (TPSA) is 64.3 Å². The van der Waals surface area contributed by atoms with Crippen molar-refractivity contribution in [1.29, 1.82) is 0 Å². The number of fused-ring (bicyclic) bond motifs is 1. The van der Waals surface area contributed by atoms with Crippen molar-refractivity contribution in [2.24, 2.45) is 5.92 Å². The van der Waals surface area contributed by atoms with Gasteiger partial charge in [0.2, 0.25) is 6.41 Å². The van der Waals surface area contributed by atoms with E-state index in [2.05, 4.69) is 80.3 Å². The molecule has 2 saturated heterocycles. The van der Waals surface area contributed by atoms with Crippen LogP contribution in [0.3, 0.4) is 0 Å². The number of hydrogen-bond acceptors (Lipinski definition) is 5. The summed E-state index contributed by atoms with van der Waals surface area (Å²) in [6, 6.07) is 17.2. The maximum absolute atomic E-state index is 10.7. The predicted molar refractivity (Wildman–Crippen MR) is 167 cm³/mol. The summed E-state index contributed by atoms with van der Waals surface area (Å²) in [5, 5.41) is 15.7. The Morgan fingerprint density at radius 1 is 1.03 bits per heavy atom. The first-order valence-electron chi connectivity index (χ1n) is 14.4. The largest absolute Gasteiger partial charge is 0.372 e. The zero-order chi connectivity index (χ0) is 27.6. The van der Waals surface area contributed by atoms with Gasteiger partial charge < -0.3 is 10.2 Å². The molecule has 0 bridgehead atoms. The molecule has 2 aromatic heterocycles. The standard InChI is InChI=1S/C20H22N4O.C10H15NS.C2H6/c1-14-8-10-24(11-9-14)17-5-2-15(3-6-17)20-18-12-16(21-13-25)4-7-19(18)22-23-20;1-9(10-4-7-12-8-10)11-5-2-3-6-11;1-2/h2-7,12-14H,8-11H2,1H3,(H,21,25)(H,22,23);4,7-9H,2-3,5-6H2,1H3;1-2H3. The lowest BCUT2D eigenvalue weighted by molar-refractivity contribution is -0.105. The Morgan fingerprint density at radius 3 is 2.38 bits per heavy atom. The van der Waals surface area contributed by atoms with Crippen LogP contribution >= 0.6 is 11.3 Å². The quantitative estimate of drug-likeness (QED) is 0.241. The number of aromatic nitrogens is 2. The molecule has 0 aliphatic carbocycles. The zero-order valence-corrected chi connectivity index (χ0v) is 24.6. The summed E-state index contributed by atoms with van der Waals surface area (Å²) in [6.45, 7) is 13.5. The van der Waals surface area contributed by atoms with Crippen LogP contribution in [0.25, 0.3) is 22.2 Å². The molecule has 0 saturated carbocycles. The van der Waals surface area contributed by atoms with Crippen molar-refractivity contribution in [3.8, 4) is 11.3 Å². The van der Waals surface area contributed by atoms with Crippen molar-refractivity contribution in [3.63, 3.8) is 0 Å². The summed E-state index contributed by atoms with van der Waals surface area (Å²) < 4.78 is 0. The molecule has 2 fully saturated rings. The maximum Gasteiger partial charge on any atom is 0.211 e. The molecule has 1 unspecified atom stereocenters. The molecule has 2 aliphatic rings. The van der Waals surface area contributed by atoms with Crippen LogP contribution in [0.4, 0.5) is 11.4 Å². The van der Waals surface area contributed by atoms with Crippen LogP contribution in [0, 0.1) is 5.92 Å². The van der Waals surface area contributed by atoms with Crippen LogP contribution in [-0.4, -0.2) is 47.7 Å². The van der Waals surface area contributed by atoms with Crippen molar-refractivity contribution in [2.45, 2.75) is 59.4 Å². The third-order valence-electron chi connectivity index (χ3n) is 7.79. The van der Waals surface area contributed by atoms with Gasteiger partial charge in [-0.1, -0.05) is 32.9 Å². The number of nitrogens with one attached hydrogen (secondary N) is 2. The summed E-state index contributed by atoms with van der Waals surface area (Å²) in [7, 11) is 0. The molecule has 1 atom stereocenters. The molecule has 7 heteroatoms. The lowest BCUT2D eigenvalue weighted by Crippen LogP contribution is -2.32. The van der Waals surface area contributed by atoms with Crippen LogP contribution in [0.15, 0.2) is 59.3 Å². The molecule has 2 N–H and O–H groups in total. The average Bonchev–Trinajstić information content (AvgIpc) is 3.78. The van der Waals surface area contributed by atoms with Gasteiger partial charge in [0.1, 0.15) is 0 Å². The van der Waals surface area contributed by atoms with Gasteiger partial charge in [-0.2, -0.15) is 16.4 Å². The van der Waals surface area contributed by atoms with Crippen molar-refractivity contribution >= 4 is 40.0 Å². The molecule has 6 nitrogen and oxygen atoms in total. The van der Waals surface area contributed by atoms with Crippen LogP contribution in [0.2, 0.25) is 0 Å². The van der Waals surface area contributed by atoms with E-state index < -0.39 is 0 Å². The number of nitrogens with zero attached hydrogens (tertiary/aromatic N) is 3. The van der Waals surface area contributed by atoms with Gasteiger partial charge in [-0.05, 0) is 104 Å². The van der Waals surface area contributed by atoms with Gasteiger partial charge in [0.15, 0.2) is 0 Å². The average molecular weight is 546 g/mol. The predicted octanol–water partition coefficient (Wildman–Crippen LogP) is 7.97. The minimum absolute atomic E-state index is 0.638. The molecule has 4 heterocycles. The molecular weight excluding hydrogens is 502 g/mol. The van der Waals surface area contributed by atoms with Gasteiger partial charge in [-0.3, -0.25) is 14.8 Å². The fourth-order valence-corrected chi connectivity index (χ4v) is 6.09. The summed E-state index contributed by atoms with van der Waals surface area (Å²) in [5.74, 6) is 0.833. The van der Waals surface area contributed by atoms with E-state index in [0.717, 1.165) is 46.9 Å². The second-order valence-corrected chi connectivity index (χ2v) is 11.1. The van der Waals surface area contributed by atoms with Crippen LogP contribution in [0.5, 0.6) is 0 Å². The number of likely N-dealkylation sites (tertiary alicyclic amines) is 1. The van der Waals surface area contributed by atoms with E-state index in [4.69, 9.17) is 0 Å². The Hall–Kier alpha value is -3.16. The highest BCUT2D eigenvalue weighted by Gasteiger charge is 2.19. The molecule has 208 valence electrons. The van der Waals surface area contributed by atoms with Crippen LogP contribution in [-0.2, 0) is 4.79 Å². The molecule has 39 heavy (non-hydrogen) atoms. The molecule has 6 rings (SSSR count). The summed E-state index contributed by atoms with van der Waals surface area (Å²) in [5.41, 5.74) is 6.47. The van der Waals surface area contributed by atoms with E-state index in [1.807, 2.05) is 32.0 Å². The third-order valence-corrected chi connectivity index (χ3v) is 8.49. The summed E-state index contributed by atoms with van der Waals surface area (Å²) >= 11 is 1.80. The Labute approximate surface area is 237 Å². The number of carbonyl (C=O) groups is 1. The van der Waals surface area contributed by atoms with Gasteiger partial charge >= 0.3 is 0 Å². The second kappa shape index (κ2) is 14.3. The van der Waals surface area contributed by atoms with E-state index in [1.165, 1.54) is 50.0 Å². The molecule has 0 radical (unpaired) electrons. The monoisotopic (exact) mass is 545 g/mol. The van der Waals surface area contributed by atoms with E-state index in [0.29, 0.717) is 12.5 Å². The molecule has 2 aromatic carbocycles. The number of hydrogen-bond donors (Lipinski definition) is 2. The number of amides is 1. The number of rotatable bonds is 6. The molecular formula is C32H43N5OS. The fraction of sp³-hybridized carbons (Fsp3) is 0.438. The van der Waals surface area contributed by atoms with Gasteiger partial charge in [-0.25, -0.2) is 0 Å². The lowest BCUT2D eigenvalue weighted by Gasteiger charge is -2.32. The molecule has 0 spiro atoms. The number of thiophene rings is 1. The second-order valence-electron chi connectivity index (χ2n) is 10.3. The summed E-state index contributed by atoms with van der Waals surface area (Å²) in [4.78, 5) is 15.7. The maximum atomic E-state index is 10.7. The molecule has 4 aromatic rings. The van der Waals surface area contributed by atoms with E-state index in [9.17, 15) is 4.79 Å². The van der Waals surface area contributed by atoms with Gasteiger partial charge in [0, 0.05) is 41.5 Å². The highest BCUT2D eigenvalue weighted by Crippen LogP contribution is 2.31. The Bertz CT molecular complexity index is 1270. The van der Waals surface area contributed by atoms with Crippen molar-refractivity contribution < 1.29 is 4.79 Å². The Balaban J connectivity index is 0.000000211. The Kier molecular flexibility index (Phi) is 10.6. The van der Waals surface area contributed by atoms with Crippen molar-refractivity contribution in [1.82, 2.24) is 15.1 Å². The third kappa shape index (κ3) is 7.28. The number of carbonyl (C=O) groups excluding carboxylic acids is 1. The zero-order valence-electron chi connectivity index (χ0n) is 23.8. The normalized spacial score (nSPS) is 16.7. The first-order valence-corrected chi connectivity index (χ1v) is 15.4. The van der Waals surface area contributed by atoms with Gasteiger partial charge in [-0.15, -0.1) is 0 Å². The number of H-pyrrole nitrogens is 1. The molecule has 1 amide bonds. The number of benzene rings is 2. The van der Waals surface area contributed by atoms with Crippen LogP contribution < -0.4 is 10.2 Å². The number of piperidine rings is 1. The van der Waals surface area contributed by atoms with E-state index in [-0.39, 0.29) is 0 Å². The van der Waals surface area contributed by atoms with Crippen LogP contribution in [0.1, 0.15) is 65.0 Å². The van der Waals surface area contributed by atoms with Gasteiger partial charge in [0.25, 0.3) is 0 Å². The SMILES string of the molecule is CC.CC(c1ccsc1)N1CCCC1.CC1CCN(c2ccc(-c3n[nH]c4ccc(NC=O)cc34)cc2)CC1. The van der Waals surface area contributed by atoms with Crippen molar-refractivity contribution in [2.75, 3.05) is 36.4 Å². The Morgan fingerprint density at radius 2 is 1.74 bits per heavy atom. The minimum atomic E-state index is 0.638. The number of aromatic amines is 1.